The van der Waals surface area contributed by atoms with E-state index < -0.39 is 10.0 Å². The van der Waals surface area contributed by atoms with E-state index >= 15 is 0 Å². The molecule has 0 bridgehead atoms. The van der Waals surface area contributed by atoms with Gasteiger partial charge in [-0.25, -0.2) is 8.42 Å². The fourth-order valence-electron chi connectivity index (χ4n) is 2.42. The first kappa shape index (κ1) is 15.1. The minimum atomic E-state index is -3.53. The lowest BCUT2D eigenvalue weighted by atomic mass is 10.0. The van der Waals surface area contributed by atoms with Crippen molar-refractivity contribution < 1.29 is 8.42 Å². The van der Waals surface area contributed by atoms with Gasteiger partial charge in [0.2, 0.25) is 0 Å². The summed E-state index contributed by atoms with van der Waals surface area (Å²) >= 11 is 1.61. The maximum Gasteiger partial charge on any atom is 0.264 e. The van der Waals surface area contributed by atoms with Crippen LogP contribution in [0.4, 0.5) is 0 Å². The maximum absolute atomic E-state index is 12.8. The van der Waals surface area contributed by atoms with Crippen LogP contribution in [0, 0.1) is 6.92 Å². The summed E-state index contributed by atoms with van der Waals surface area (Å²) in [6, 6.07) is 10.9. The molecule has 2 aromatic rings. The monoisotopic (exact) mass is 331 g/mol. The summed E-state index contributed by atoms with van der Waals surface area (Å²) in [6.07, 6.45) is 2.47. The number of nitrogens with zero attached hydrogens (tertiary/aromatic N) is 1. The van der Waals surface area contributed by atoms with E-state index in [1.807, 2.05) is 36.6 Å². The number of thiophene rings is 1. The molecule has 3 nitrogen and oxygen atoms in total. The summed E-state index contributed by atoms with van der Waals surface area (Å²) in [5.41, 5.74) is 2.94. The minimum Gasteiger partial charge on any atom is -0.269 e. The van der Waals surface area contributed by atoms with Gasteiger partial charge in [-0.2, -0.15) is 0 Å². The van der Waals surface area contributed by atoms with Crippen molar-refractivity contribution in [3.8, 4) is 0 Å². The quantitative estimate of drug-likeness (QED) is 0.796. The molecule has 0 unspecified atom stereocenters. The van der Waals surface area contributed by atoms with Crippen molar-refractivity contribution in [2.75, 3.05) is 6.54 Å². The molecule has 0 spiro atoms. The van der Waals surface area contributed by atoms with Crippen LogP contribution in [-0.4, -0.2) is 19.3 Å². The molecule has 0 amide bonds. The molecule has 0 atom stereocenters. The molecular weight excluding hydrogens is 314 g/mol. The Labute approximate surface area is 135 Å². The van der Waals surface area contributed by atoms with Crippen molar-refractivity contribution in [1.82, 2.24) is 4.31 Å². The first-order valence-corrected chi connectivity index (χ1v) is 9.28. The van der Waals surface area contributed by atoms with Crippen molar-refractivity contribution in [2.45, 2.75) is 18.2 Å². The Hall–Kier alpha value is -1.85. The van der Waals surface area contributed by atoms with Gasteiger partial charge >= 0.3 is 0 Å². The smallest absolute Gasteiger partial charge is 0.264 e. The fraction of sp³-hybridized carbons (Fsp3) is 0.176. The second-order valence-electron chi connectivity index (χ2n) is 5.42. The van der Waals surface area contributed by atoms with E-state index in [0.717, 1.165) is 28.0 Å². The van der Waals surface area contributed by atoms with Crippen molar-refractivity contribution in [2.24, 2.45) is 0 Å². The highest BCUT2D eigenvalue weighted by Gasteiger charge is 2.26. The molecule has 0 fully saturated rings. The molecular formula is C17H17NO2S2. The van der Waals surface area contributed by atoms with Gasteiger partial charge in [0, 0.05) is 11.1 Å². The van der Waals surface area contributed by atoms with Gasteiger partial charge in [0.1, 0.15) is 0 Å². The van der Waals surface area contributed by atoms with Gasteiger partial charge in [-0.05, 0) is 42.5 Å². The van der Waals surface area contributed by atoms with Crippen molar-refractivity contribution in [1.29, 1.82) is 0 Å². The van der Waals surface area contributed by atoms with Crippen LogP contribution in [0.1, 0.15) is 16.9 Å². The lowest BCUT2D eigenvalue weighted by Crippen LogP contribution is -2.30. The van der Waals surface area contributed by atoms with E-state index in [0.29, 0.717) is 11.4 Å². The van der Waals surface area contributed by atoms with E-state index in [1.165, 1.54) is 4.31 Å². The molecule has 0 aliphatic carbocycles. The molecule has 1 aromatic carbocycles. The average Bonchev–Trinajstić information content (AvgIpc) is 3.01. The summed E-state index contributed by atoms with van der Waals surface area (Å²) in [4.78, 5) is 1.40. The third kappa shape index (κ3) is 2.87. The number of hydrogen-bond acceptors (Lipinski definition) is 3. The molecule has 2 heterocycles. The number of allylic oxidation sites excluding steroid dienone is 1. The van der Waals surface area contributed by atoms with E-state index in [-0.39, 0.29) is 0 Å². The zero-order valence-electron chi connectivity index (χ0n) is 12.3. The molecule has 22 heavy (non-hydrogen) atoms. The maximum atomic E-state index is 12.8. The van der Waals surface area contributed by atoms with Crippen molar-refractivity contribution in [3.05, 3.63) is 70.6 Å². The van der Waals surface area contributed by atoms with Crippen LogP contribution in [0.25, 0.3) is 5.57 Å². The Morgan fingerprint density at radius 2 is 1.91 bits per heavy atom. The van der Waals surface area contributed by atoms with Gasteiger partial charge in [-0.15, -0.1) is 11.3 Å². The Morgan fingerprint density at radius 1 is 1.18 bits per heavy atom. The molecule has 0 N–H and O–H groups in total. The van der Waals surface area contributed by atoms with Crippen LogP contribution >= 0.6 is 11.3 Å². The number of rotatable bonds is 3. The second kappa shape index (κ2) is 5.74. The van der Waals surface area contributed by atoms with Gasteiger partial charge in [0.25, 0.3) is 10.0 Å². The first-order valence-electron chi connectivity index (χ1n) is 6.96. The Kier molecular flexibility index (Phi) is 3.93. The van der Waals surface area contributed by atoms with Crippen molar-refractivity contribution >= 4 is 26.9 Å². The molecule has 0 saturated carbocycles. The third-order valence-corrected chi connectivity index (χ3v) is 6.25. The first-order chi connectivity index (χ1) is 10.5. The summed E-state index contributed by atoms with van der Waals surface area (Å²) in [5.74, 6) is 0. The highest BCUT2D eigenvalue weighted by molar-refractivity contribution is 7.89. The van der Waals surface area contributed by atoms with Crippen LogP contribution in [0.15, 0.2) is 65.0 Å². The topological polar surface area (TPSA) is 37.4 Å². The molecule has 5 heteroatoms. The van der Waals surface area contributed by atoms with Gasteiger partial charge < -0.3 is 0 Å². The largest absolute Gasteiger partial charge is 0.269 e. The summed E-state index contributed by atoms with van der Waals surface area (Å²) in [5, 5.41) is 1.99. The van der Waals surface area contributed by atoms with E-state index in [9.17, 15) is 8.42 Å². The van der Waals surface area contributed by atoms with Crippen molar-refractivity contribution in [3.63, 3.8) is 0 Å². The van der Waals surface area contributed by atoms with Crippen LogP contribution in [-0.2, 0) is 10.0 Å². The van der Waals surface area contributed by atoms with Crippen LogP contribution in [0.2, 0.25) is 0 Å². The van der Waals surface area contributed by atoms with Crippen LogP contribution < -0.4 is 0 Å². The standard InChI is InChI=1S/C17H17NO2S2/c1-13-5-7-16(8-6-13)22(19,20)18-11-14(2)10-15(12-18)17-4-3-9-21-17/h3-9,12H,2,10-11H2,1H3. The number of aryl methyl sites for hydroxylation is 1. The lowest BCUT2D eigenvalue weighted by molar-refractivity contribution is 0.511. The molecule has 114 valence electrons. The predicted molar refractivity (Wildman–Crippen MR) is 91.1 cm³/mol. The summed E-state index contributed by atoms with van der Waals surface area (Å²) < 4.78 is 27.0. The van der Waals surface area contributed by atoms with E-state index in [1.54, 1.807) is 29.7 Å². The molecule has 0 radical (unpaired) electrons. The zero-order valence-corrected chi connectivity index (χ0v) is 14.0. The van der Waals surface area contributed by atoms with Gasteiger partial charge in [0.15, 0.2) is 0 Å². The van der Waals surface area contributed by atoms with Gasteiger partial charge in [-0.3, -0.25) is 4.31 Å². The normalized spacial score (nSPS) is 15.8. The number of benzene rings is 1. The average molecular weight is 331 g/mol. The minimum absolute atomic E-state index is 0.314. The Balaban J connectivity index is 2.00. The predicted octanol–water partition coefficient (Wildman–Crippen LogP) is 4.05. The second-order valence-corrected chi connectivity index (χ2v) is 8.26. The van der Waals surface area contributed by atoms with Crippen LogP contribution in [0.5, 0.6) is 0 Å². The molecule has 1 aliphatic heterocycles. The SMILES string of the molecule is C=C1CC(c2cccs2)=CN(S(=O)(=O)c2ccc(C)cc2)C1. The van der Waals surface area contributed by atoms with Gasteiger partial charge in [0.05, 0.1) is 11.4 Å². The number of hydrogen-bond donors (Lipinski definition) is 0. The van der Waals surface area contributed by atoms with Gasteiger partial charge in [-0.1, -0.05) is 35.9 Å². The number of sulfonamides is 1. The molecule has 0 saturated heterocycles. The fourth-order valence-corrected chi connectivity index (χ4v) is 4.53. The molecule has 1 aromatic heterocycles. The lowest BCUT2D eigenvalue weighted by Gasteiger charge is -2.27. The van der Waals surface area contributed by atoms with E-state index in [2.05, 4.69) is 6.58 Å². The highest BCUT2D eigenvalue weighted by atomic mass is 32.2. The molecule has 3 rings (SSSR count). The summed E-state index contributed by atoms with van der Waals surface area (Å²) in [7, 11) is -3.53. The Bertz CT molecular complexity index is 816. The van der Waals surface area contributed by atoms with Crippen LogP contribution in [0.3, 0.4) is 0 Å². The molecule has 1 aliphatic rings. The zero-order chi connectivity index (χ0) is 15.7. The summed E-state index contributed by atoms with van der Waals surface area (Å²) in [6.45, 7) is 6.28. The van der Waals surface area contributed by atoms with E-state index in [4.69, 9.17) is 0 Å². The Morgan fingerprint density at radius 3 is 2.55 bits per heavy atom. The highest BCUT2D eigenvalue weighted by Crippen LogP contribution is 2.32. The third-order valence-electron chi connectivity index (χ3n) is 3.58.